The highest BCUT2D eigenvalue weighted by Crippen LogP contribution is 2.29. The van der Waals surface area contributed by atoms with Crippen molar-refractivity contribution < 1.29 is 4.74 Å². The zero-order valence-electron chi connectivity index (χ0n) is 10.3. The number of benzene rings is 1. The maximum absolute atomic E-state index is 12.1. The van der Waals surface area contributed by atoms with Crippen LogP contribution in [0.1, 0.15) is 18.9 Å². The van der Waals surface area contributed by atoms with Gasteiger partial charge in [-0.1, -0.05) is 0 Å². The molecule has 1 aromatic heterocycles. The molecule has 18 heavy (non-hydrogen) atoms. The Balaban J connectivity index is 2.10. The van der Waals surface area contributed by atoms with Gasteiger partial charge in [-0.25, -0.2) is 4.79 Å². The third-order valence-corrected chi connectivity index (χ3v) is 4.62. The average molecular weight is 264 g/mol. The number of nitrogens with one attached hydrogen (secondary N) is 1. The molecule has 1 unspecified atom stereocenters. The van der Waals surface area contributed by atoms with E-state index in [-0.39, 0.29) is 5.69 Å². The highest BCUT2D eigenvalue weighted by molar-refractivity contribution is 7.99. The molecule has 1 saturated heterocycles. The molecule has 1 fully saturated rings. The van der Waals surface area contributed by atoms with Crippen molar-refractivity contribution in [2.24, 2.45) is 0 Å². The van der Waals surface area contributed by atoms with Crippen molar-refractivity contribution in [3.8, 4) is 5.75 Å². The normalized spacial score (nSPS) is 20.2. The molecule has 2 heterocycles. The number of aromatic amines is 1. The first kappa shape index (κ1) is 11.7. The zero-order chi connectivity index (χ0) is 12.5. The van der Waals surface area contributed by atoms with Crippen LogP contribution in [-0.4, -0.2) is 28.2 Å². The standard InChI is InChI=1S/C13H16N2O2S/c1-17-10-4-5-12-11(7-10)14-13(16)15(12)9-3-2-6-18-8-9/h4-5,7,9H,2-3,6,8H2,1H3,(H,14,16). The first-order valence-electron chi connectivity index (χ1n) is 6.15. The Bertz CT molecular complexity index is 611. The van der Waals surface area contributed by atoms with Gasteiger partial charge in [-0.2, -0.15) is 11.8 Å². The summed E-state index contributed by atoms with van der Waals surface area (Å²) >= 11 is 1.93. The fraction of sp³-hybridized carbons (Fsp3) is 0.462. The second kappa shape index (κ2) is 4.72. The highest BCUT2D eigenvalue weighted by atomic mass is 32.2. The molecule has 0 saturated carbocycles. The van der Waals surface area contributed by atoms with Crippen molar-refractivity contribution >= 4 is 22.8 Å². The van der Waals surface area contributed by atoms with E-state index in [1.807, 2.05) is 34.5 Å². The molecule has 0 radical (unpaired) electrons. The molecule has 1 aromatic carbocycles. The number of hydrogen-bond acceptors (Lipinski definition) is 3. The van der Waals surface area contributed by atoms with Crippen LogP contribution < -0.4 is 10.4 Å². The van der Waals surface area contributed by atoms with Gasteiger partial charge < -0.3 is 9.72 Å². The minimum atomic E-state index is -0.00856. The third kappa shape index (κ3) is 1.92. The molecule has 1 N–H and O–H groups in total. The summed E-state index contributed by atoms with van der Waals surface area (Å²) < 4.78 is 7.09. The van der Waals surface area contributed by atoms with Crippen molar-refractivity contribution in [3.63, 3.8) is 0 Å². The van der Waals surface area contributed by atoms with Gasteiger partial charge in [0.15, 0.2) is 0 Å². The lowest BCUT2D eigenvalue weighted by atomic mass is 10.2. The fourth-order valence-electron chi connectivity index (χ4n) is 2.53. The molecule has 0 bridgehead atoms. The second-order valence-electron chi connectivity index (χ2n) is 4.55. The molecule has 3 rings (SSSR count). The van der Waals surface area contributed by atoms with Crippen molar-refractivity contribution in [1.29, 1.82) is 0 Å². The topological polar surface area (TPSA) is 47.0 Å². The average Bonchev–Trinajstić information content (AvgIpc) is 2.74. The number of H-pyrrole nitrogens is 1. The predicted octanol–water partition coefficient (Wildman–Crippen LogP) is 2.41. The Morgan fingerprint density at radius 1 is 1.50 bits per heavy atom. The summed E-state index contributed by atoms with van der Waals surface area (Å²) in [6.45, 7) is 0. The lowest BCUT2D eigenvalue weighted by Crippen LogP contribution is -2.25. The van der Waals surface area contributed by atoms with Gasteiger partial charge in [0.05, 0.1) is 18.1 Å². The molecule has 0 amide bonds. The van der Waals surface area contributed by atoms with E-state index in [1.165, 1.54) is 12.2 Å². The Morgan fingerprint density at radius 2 is 2.39 bits per heavy atom. The molecular weight excluding hydrogens is 248 g/mol. The van der Waals surface area contributed by atoms with Gasteiger partial charge in [-0.05, 0) is 30.7 Å². The van der Waals surface area contributed by atoms with Gasteiger partial charge in [0.25, 0.3) is 0 Å². The maximum Gasteiger partial charge on any atom is 0.326 e. The monoisotopic (exact) mass is 264 g/mol. The minimum absolute atomic E-state index is 0.00856. The maximum atomic E-state index is 12.1. The van der Waals surface area contributed by atoms with Crippen LogP contribution in [0, 0.1) is 0 Å². The van der Waals surface area contributed by atoms with Gasteiger partial charge in [0.1, 0.15) is 5.75 Å². The van der Waals surface area contributed by atoms with Gasteiger partial charge in [-0.3, -0.25) is 4.57 Å². The summed E-state index contributed by atoms with van der Waals surface area (Å²) in [5.74, 6) is 3.01. The van der Waals surface area contributed by atoms with Crippen LogP contribution in [0.3, 0.4) is 0 Å². The number of thioether (sulfide) groups is 1. The van der Waals surface area contributed by atoms with E-state index in [0.717, 1.165) is 29.0 Å². The molecule has 0 aliphatic carbocycles. The van der Waals surface area contributed by atoms with Crippen molar-refractivity contribution in [2.75, 3.05) is 18.6 Å². The van der Waals surface area contributed by atoms with Crippen LogP contribution in [0.15, 0.2) is 23.0 Å². The van der Waals surface area contributed by atoms with Crippen LogP contribution in [0.5, 0.6) is 5.75 Å². The molecule has 1 aliphatic rings. The molecule has 1 atom stereocenters. The molecule has 4 nitrogen and oxygen atoms in total. The number of nitrogens with zero attached hydrogens (tertiary/aromatic N) is 1. The predicted molar refractivity (Wildman–Crippen MR) is 74.7 cm³/mol. The Kier molecular flexibility index (Phi) is 3.07. The van der Waals surface area contributed by atoms with E-state index in [1.54, 1.807) is 7.11 Å². The lowest BCUT2D eigenvalue weighted by Gasteiger charge is -2.22. The molecule has 2 aromatic rings. The third-order valence-electron chi connectivity index (χ3n) is 3.43. The van der Waals surface area contributed by atoms with Crippen molar-refractivity contribution in [2.45, 2.75) is 18.9 Å². The summed E-state index contributed by atoms with van der Waals surface area (Å²) in [6, 6.07) is 6.06. The molecule has 0 spiro atoms. The highest BCUT2D eigenvalue weighted by Gasteiger charge is 2.20. The van der Waals surface area contributed by atoms with Gasteiger partial charge in [0, 0.05) is 17.9 Å². The quantitative estimate of drug-likeness (QED) is 0.906. The van der Waals surface area contributed by atoms with E-state index in [2.05, 4.69) is 4.98 Å². The Morgan fingerprint density at radius 3 is 3.11 bits per heavy atom. The summed E-state index contributed by atoms with van der Waals surface area (Å²) in [4.78, 5) is 15.0. The van der Waals surface area contributed by atoms with Crippen LogP contribution >= 0.6 is 11.8 Å². The van der Waals surface area contributed by atoms with E-state index >= 15 is 0 Å². The first-order valence-corrected chi connectivity index (χ1v) is 7.31. The number of aromatic nitrogens is 2. The summed E-state index contributed by atoms with van der Waals surface area (Å²) in [7, 11) is 1.63. The van der Waals surface area contributed by atoms with E-state index in [0.29, 0.717) is 6.04 Å². The lowest BCUT2D eigenvalue weighted by molar-refractivity contribution is 0.415. The van der Waals surface area contributed by atoms with Crippen LogP contribution in [0.4, 0.5) is 0 Å². The van der Waals surface area contributed by atoms with E-state index < -0.39 is 0 Å². The molecule has 1 aliphatic heterocycles. The number of hydrogen-bond donors (Lipinski definition) is 1. The second-order valence-corrected chi connectivity index (χ2v) is 5.70. The van der Waals surface area contributed by atoms with Gasteiger partial charge in [-0.15, -0.1) is 0 Å². The van der Waals surface area contributed by atoms with Crippen molar-refractivity contribution in [3.05, 3.63) is 28.7 Å². The number of imidazole rings is 1. The smallest absolute Gasteiger partial charge is 0.326 e. The van der Waals surface area contributed by atoms with E-state index in [9.17, 15) is 4.79 Å². The summed E-state index contributed by atoms with van der Waals surface area (Å²) in [6.07, 6.45) is 2.27. The first-order chi connectivity index (χ1) is 8.79. The van der Waals surface area contributed by atoms with Gasteiger partial charge >= 0.3 is 5.69 Å². The van der Waals surface area contributed by atoms with Crippen molar-refractivity contribution in [1.82, 2.24) is 9.55 Å². The Hall–Kier alpha value is -1.36. The van der Waals surface area contributed by atoms with Crippen LogP contribution in [-0.2, 0) is 0 Å². The fourth-order valence-corrected chi connectivity index (χ4v) is 3.65. The van der Waals surface area contributed by atoms with Gasteiger partial charge in [0.2, 0.25) is 0 Å². The largest absolute Gasteiger partial charge is 0.497 e. The van der Waals surface area contributed by atoms with Crippen LogP contribution in [0.25, 0.3) is 11.0 Å². The molecule has 96 valence electrons. The zero-order valence-corrected chi connectivity index (χ0v) is 11.1. The number of methoxy groups -OCH3 is 1. The van der Waals surface area contributed by atoms with Crippen LogP contribution in [0.2, 0.25) is 0 Å². The molecular formula is C13H16N2O2S. The molecule has 5 heteroatoms. The minimum Gasteiger partial charge on any atom is -0.497 e. The summed E-state index contributed by atoms with van der Waals surface area (Å²) in [5.41, 5.74) is 1.83. The Labute approximate surface area is 109 Å². The SMILES string of the molecule is COc1ccc2c(c1)[nH]c(=O)n2C1CCCSC1. The number of ether oxygens (including phenoxy) is 1. The number of fused-ring (bicyclic) bond motifs is 1. The summed E-state index contributed by atoms with van der Waals surface area (Å²) in [5, 5.41) is 0. The van der Waals surface area contributed by atoms with E-state index in [4.69, 9.17) is 4.74 Å². The number of rotatable bonds is 2.